The number of ether oxygens (including phenoxy) is 3. The molecule has 2 atom stereocenters. The molecule has 4 rings (SSSR count). The van der Waals surface area contributed by atoms with Crippen molar-refractivity contribution < 1.29 is 14.2 Å². The van der Waals surface area contributed by atoms with Crippen molar-refractivity contribution in [1.82, 2.24) is 4.90 Å². The van der Waals surface area contributed by atoms with E-state index in [2.05, 4.69) is 27.0 Å². The molecule has 0 aliphatic carbocycles. The Morgan fingerprint density at radius 2 is 1.87 bits per heavy atom. The van der Waals surface area contributed by atoms with E-state index in [1.165, 1.54) is 0 Å². The van der Waals surface area contributed by atoms with Crippen LogP contribution in [0.25, 0.3) is 0 Å². The number of nitrogens with zero attached hydrogens (tertiary/aromatic N) is 3. The van der Waals surface area contributed by atoms with Crippen LogP contribution in [-0.4, -0.2) is 55.7 Å². The number of benzene rings is 2. The van der Waals surface area contributed by atoms with Crippen LogP contribution in [0.2, 0.25) is 10.0 Å². The molecule has 0 saturated carbocycles. The Balaban J connectivity index is 1.33. The molecular weight excluding hydrogens is 505 g/mol. The molecule has 31 heavy (non-hydrogen) atoms. The average molecular weight is 527 g/mol. The maximum Gasteiger partial charge on any atom is 0.206 e. The van der Waals surface area contributed by atoms with Crippen molar-refractivity contribution in [2.45, 2.75) is 11.9 Å². The van der Waals surface area contributed by atoms with Crippen molar-refractivity contribution in [3.63, 3.8) is 0 Å². The van der Waals surface area contributed by atoms with E-state index in [0.717, 1.165) is 43.2 Å². The summed E-state index contributed by atoms with van der Waals surface area (Å²) in [4.78, 5) is 4.05. The number of hydrogen-bond acceptors (Lipinski definition) is 6. The topological polar surface area (TPSA) is 58.0 Å². The molecule has 6 nitrogen and oxygen atoms in total. The van der Waals surface area contributed by atoms with Gasteiger partial charge >= 0.3 is 0 Å². The summed E-state index contributed by atoms with van der Waals surface area (Å²) in [7, 11) is 0. The second-order valence-corrected chi connectivity index (χ2v) is 8.84. The normalized spacial score (nSPS) is 23.6. The molecule has 2 aromatic carbocycles. The van der Waals surface area contributed by atoms with E-state index < -0.39 is 5.79 Å². The van der Waals surface area contributed by atoms with E-state index in [1.807, 2.05) is 30.3 Å². The molecule has 0 spiro atoms. The fourth-order valence-electron chi connectivity index (χ4n) is 3.74. The monoisotopic (exact) mass is 525 g/mol. The Morgan fingerprint density at radius 1 is 1.13 bits per heavy atom. The van der Waals surface area contributed by atoms with Crippen LogP contribution >= 0.6 is 39.1 Å². The van der Waals surface area contributed by atoms with E-state index in [4.69, 9.17) is 42.7 Å². The van der Waals surface area contributed by atoms with Crippen LogP contribution in [0.5, 0.6) is 5.75 Å². The molecule has 0 radical (unpaired) electrons. The summed E-state index contributed by atoms with van der Waals surface area (Å²) in [6.07, 6.45) is 1.97. The first kappa shape index (κ1) is 22.5. The first-order valence-corrected chi connectivity index (χ1v) is 11.9. The predicted octanol–water partition coefficient (Wildman–Crippen LogP) is 4.64. The number of alkyl halides is 1. The molecule has 0 N–H and O–H groups in total. The predicted molar refractivity (Wildman–Crippen MR) is 124 cm³/mol. The zero-order valence-corrected chi connectivity index (χ0v) is 19.9. The molecule has 2 saturated heterocycles. The zero-order chi connectivity index (χ0) is 21.8. The molecule has 2 unspecified atom stereocenters. The zero-order valence-electron chi connectivity index (χ0n) is 16.8. The van der Waals surface area contributed by atoms with Gasteiger partial charge in [0.1, 0.15) is 18.5 Å². The first-order chi connectivity index (χ1) is 15.0. The Labute approximate surface area is 200 Å². The summed E-state index contributed by atoms with van der Waals surface area (Å²) < 4.78 is 18.2. The lowest BCUT2D eigenvalue weighted by Gasteiger charge is -2.33. The van der Waals surface area contributed by atoms with Crippen molar-refractivity contribution >= 4 is 44.8 Å². The lowest BCUT2D eigenvalue weighted by Crippen LogP contribution is -2.44. The van der Waals surface area contributed by atoms with Crippen molar-refractivity contribution in [1.29, 1.82) is 5.26 Å². The van der Waals surface area contributed by atoms with Gasteiger partial charge in [0, 0.05) is 42.5 Å². The largest absolute Gasteiger partial charge is 0.491 e. The molecule has 164 valence electrons. The van der Waals surface area contributed by atoms with Gasteiger partial charge in [-0.15, -0.1) is 0 Å². The quantitative estimate of drug-likeness (QED) is 0.403. The summed E-state index contributed by atoms with van der Waals surface area (Å²) in [5, 5.41) is 10.5. The van der Waals surface area contributed by atoms with Gasteiger partial charge in [0.2, 0.25) is 5.79 Å². The Morgan fingerprint density at radius 3 is 2.52 bits per heavy atom. The van der Waals surface area contributed by atoms with E-state index >= 15 is 0 Å². The number of hydrogen-bond donors (Lipinski definition) is 0. The number of nitriles is 1. The number of halogens is 3. The Bertz CT molecular complexity index is 948. The standard InChI is InChI=1S/C22H22BrCl2N3O3/c23-14-22(20-6-1-16(24)11-21(20)25)30-13-19(31-22)12-29-18-4-2-17(3-5-18)28-9-7-27(15-26)8-10-28/h1-6,11,19H,7-10,12-14H2. The molecule has 2 aliphatic rings. The fourth-order valence-corrected chi connectivity index (χ4v) is 4.88. The molecule has 2 aromatic rings. The highest BCUT2D eigenvalue weighted by Crippen LogP contribution is 2.40. The lowest BCUT2D eigenvalue weighted by molar-refractivity contribution is -0.159. The molecule has 2 aliphatic heterocycles. The minimum atomic E-state index is -0.967. The summed E-state index contributed by atoms with van der Waals surface area (Å²) in [6.45, 7) is 3.93. The van der Waals surface area contributed by atoms with E-state index in [-0.39, 0.29) is 6.10 Å². The van der Waals surface area contributed by atoms with E-state index in [0.29, 0.717) is 28.6 Å². The first-order valence-electron chi connectivity index (χ1n) is 9.99. The van der Waals surface area contributed by atoms with Crippen LogP contribution in [0, 0.1) is 11.5 Å². The third kappa shape index (κ3) is 5.05. The number of anilines is 1. The van der Waals surface area contributed by atoms with Crippen LogP contribution in [0.4, 0.5) is 5.69 Å². The highest BCUT2D eigenvalue weighted by Gasteiger charge is 2.44. The summed E-state index contributed by atoms with van der Waals surface area (Å²) in [5.74, 6) is -0.200. The van der Waals surface area contributed by atoms with Crippen LogP contribution in [-0.2, 0) is 15.3 Å². The molecule has 2 heterocycles. The Kier molecular flexibility index (Phi) is 7.15. The third-order valence-electron chi connectivity index (χ3n) is 5.44. The van der Waals surface area contributed by atoms with Gasteiger partial charge in [-0.25, -0.2) is 0 Å². The molecule has 0 bridgehead atoms. The van der Waals surface area contributed by atoms with Gasteiger partial charge < -0.3 is 24.0 Å². The van der Waals surface area contributed by atoms with Gasteiger partial charge in [-0.05, 0) is 36.4 Å². The summed E-state index contributed by atoms with van der Waals surface area (Å²) in [6, 6.07) is 13.3. The fraction of sp³-hybridized carbons (Fsp3) is 0.409. The van der Waals surface area contributed by atoms with Crippen molar-refractivity contribution in [2.75, 3.05) is 49.6 Å². The minimum Gasteiger partial charge on any atom is -0.491 e. The van der Waals surface area contributed by atoms with Crippen molar-refractivity contribution in [3.05, 3.63) is 58.1 Å². The molecule has 0 amide bonds. The molecule has 2 fully saturated rings. The van der Waals surface area contributed by atoms with Gasteiger partial charge in [0.15, 0.2) is 6.19 Å². The van der Waals surface area contributed by atoms with Gasteiger partial charge in [0.05, 0.1) is 17.0 Å². The summed E-state index contributed by atoms with van der Waals surface area (Å²) >= 11 is 15.9. The van der Waals surface area contributed by atoms with Crippen molar-refractivity contribution in [3.8, 4) is 11.9 Å². The third-order valence-corrected chi connectivity index (χ3v) is 6.72. The van der Waals surface area contributed by atoms with Crippen LogP contribution in [0.3, 0.4) is 0 Å². The number of piperazine rings is 1. The van der Waals surface area contributed by atoms with Gasteiger partial charge in [-0.3, -0.25) is 0 Å². The smallest absolute Gasteiger partial charge is 0.206 e. The minimum absolute atomic E-state index is 0.233. The van der Waals surface area contributed by atoms with E-state index in [1.54, 1.807) is 17.0 Å². The van der Waals surface area contributed by atoms with Crippen LogP contribution in [0.1, 0.15) is 5.56 Å². The van der Waals surface area contributed by atoms with Gasteiger partial charge in [-0.1, -0.05) is 45.2 Å². The molecular formula is C22H22BrCl2N3O3. The van der Waals surface area contributed by atoms with Gasteiger partial charge in [-0.2, -0.15) is 5.26 Å². The second-order valence-electron chi connectivity index (χ2n) is 7.44. The van der Waals surface area contributed by atoms with Gasteiger partial charge in [0.25, 0.3) is 0 Å². The summed E-state index contributed by atoms with van der Waals surface area (Å²) in [5.41, 5.74) is 1.86. The maximum absolute atomic E-state index is 8.98. The lowest BCUT2D eigenvalue weighted by atomic mass is 10.1. The van der Waals surface area contributed by atoms with Crippen LogP contribution in [0.15, 0.2) is 42.5 Å². The van der Waals surface area contributed by atoms with E-state index in [9.17, 15) is 0 Å². The average Bonchev–Trinajstić information content (AvgIpc) is 3.22. The second kappa shape index (κ2) is 9.85. The molecule has 0 aromatic heterocycles. The maximum atomic E-state index is 8.98. The number of rotatable bonds is 6. The van der Waals surface area contributed by atoms with Crippen molar-refractivity contribution in [2.24, 2.45) is 0 Å². The Hall–Kier alpha value is -1.69. The molecule has 9 heteroatoms. The highest BCUT2D eigenvalue weighted by molar-refractivity contribution is 9.09. The SMILES string of the molecule is N#CN1CCN(c2ccc(OCC3COC(CBr)(c4ccc(Cl)cc4Cl)O3)cc2)CC1. The van der Waals surface area contributed by atoms with Crippen LogP contribution < -0.4 is 9.64 Å². The highest BCUT2D eigenvalue weighted by atomic mass is 79.9.